The highest BCUT2D eigenvalue weighted by Crippen LogP contribution is 2.07. The van der Waals surface area contributed by atoms with Crippen molar-refractivity contribution in [2.45, 2.75) is 46.7 Å². The maximum absolute atomic E-state index is 12.0. The van der Waals surface area contributed by atoms with Crippen molar-refractivity contribution >= 4 is 5.82 Å². The van der Waals surface area contributed by atoms with Crippen LogP contribution in [-0.4, -0.2) is 15.6 Å². The molecule has 0 aliphatic rings. The fraction of sp³-hybridized carbons (Fsp3) is 0.667. The van der Waals surface area contributed by atoms with Crippen LogP contribution in [0.2, 0.25) is 0 Å². The van der Waals surface area contributed by atoms with Crippen LogP contribution in [0.5, 0.6) is 0 Å². The Balaban J connectivity index is 2.98. The summed E-state index contributed by atoms with van der Waals surface area (Å²) >= 11 is 0. The van der Waals surface area contributed by atoms with Crippen molar-refractivity contribution in [1.29, 1.82) is 0 Å². The average molecular weight is 223 g/mol. The molecule has 4 nitrogen and oxygen atoms in total. The Morgan fingerprint density at radius 1 is 1.25 bits per heavy atom. The summed E-state index contributed by atoms with van der Waals surface area (Å²) in [5, 5.41) is 3.16. The number of hydrogen-bond donors (Lipinski definition) is 1. The molecule has 0 aliphatic carbocycles. The van der Waals surface area contributed by atoms with E-state index >= 15 is 0 Å². The van der Waals surface area contributed by atoms with Crippen molar-refractivity contribution in [2.75, 3.05) is 5.32 Å². The minimum absolute atomic E-state index is 0.0509. The fourth-order valence-corrected chi connectivity index (χ4v) is 1.31. The minimum atomic E-state index is -0.0509. The van der Waals surface area contributed by atoms with E-state index in [9.17, 15) is 4.79 Å². The number of hydrogen-bond acceptors (Lipinski definition) is 3. The molecule has 1 atom stereocenters. The van der Waals surface area contributed by atoms with Crippen LogP contribution in [0.3, 0.4) is 0 Å². The lowest BCUT2D eigenvalue weighted by Crippen LogP contribution is -2.30. The van der Waals surface area contributed by atoms with Gasteiger partial charge in [0.1, 0.15) is 0 Å². The number of nitrogens with one attached hydrogen (secondary N) is 1. The van der Waals surface area contributed by atoms with E-state index < -0.39 is 0 Å². The average Bonchev–Trinajstić information content (AvgIpc) is 2.20. The predicted octanol–water partition coefficient (Wildman–Crippen LogP) is 2.28. The lowest BCUT2D eigenvalue weighted by atomic mass is 10.1. The first kappa shape index (κ1) is 12.7. The molecule has 0 fully saturated rings. The minimum Gasteiger partial charge on any atom is -0.363 e. The highest BCUT2D eigenvalue weighted by Gasteiger charge is 2.11. The molecule has 0 aromatic carbocycles. The van der Waals surface area contributed by atoms with Gasteiger partial charge in [0.05, 0.1) is 0 Å². The molecule has 1 rings (SSSR count). The van der Waals surface area contributed by atoms with Gasteiger partial charge in [-0.25, -0.2) is 4.98 Å². The molecular weight excluding hydrogens is 202 g/mol. The molecular formula is C12H21N3O. The van der Waals surface area contributed by atoms with Crippen LogP contribution in [0.1, 0.15) is 40.7 Å². The topological polar surface area (TPSA) is 46.9 Å². The van der Waals surface area contributed by atoms with Crippen LogP contribution in [0, 0.1) is 5.92 Å². The SMILES string of the molecule is CC(C)C(C)Nc1nccn(C(C)C)c1=O. The summed E-state index contributed by atoms with van der Waals surface area (Å²) in [5.74, 6) is 0.909. The molecule has 1 N–H and O–H groups in total. The predicted molar refractivity (Wildman–Crippen MR) is 66.8 cm³/mol. The van der Waals surface area contributed by atoms with Gasteiger partial charge in [-0.1, -0.05) is 13.8 Å². The normalized spacial score (nSPS) is 13.2. The molecule has 1 heterocycles. The van der Waals surface area contributed by atoms with Crippen molar-refractivity contribution in [3.63, 3.8) is 0 Å². The van der Waals surface area contributed by atoms with Gasteiger partial charge >= 0.3 is 0 Å². The van der Waals surface area contributed by atoms with E-state index in [0.29, 0.717) is 11.7 Å². The summed E-state index contributed by atoms with van der Waals surface area (Å²) in [6.07, 6.45) is 3.38. The molecule has 0 saturated heterocycles. The molecule has 0 bridgehead atoms. The van der Waals surface area contributed by atoms with E-state index in [2.05, 4.69) is 31.1 Å². The molecule has 1 aromatic rings. The highest BCUT2D eigenvalue weighted by atomic mass is 16.1. The zero-order valence-corrected chi connectivity index (χ0v) is 10.7. The first-order valence-electron chi connectivity index (χ1n) is 5.77. The quantitative estimate of drug-likeness (QED) is 0.851. The summed E-state index contributed by atoms with van der Waals surface area (Å²) in [7, 11) is 0. The highest BCUT2D eigenvalue weighted by molar-refractivity contribution is 5.32. The van der Waals surface area contributed by atoms with Gasteiger partial charge in [0, 0.05) is 24.5 Å². The third-order valence-corrected chi connectivity index (χ3v) is 2.79. The molecule has 0 aliphatic heterocycles. The van der Waals surface area contributed by atoms with Crippen LogP contribution >= 0.6 is 0 Å². The van der Waals surface area contributed by atoms with Gasteiger partial charge in [0.25, 0.3) is 5.56 Å². The maximum Gasteiger partial charge on any atom is 0.293 e. The van der Waals surface area contributed by atoms with Gasteiger partial charge in [-0.2, -0.15) is 0 Å². The number of rotatable bonds is 4. The van der Waals surface area contributed by atoms with Crippen molar-refractivity contribution in [3.05, 3.63) is 22.7 Å². The summed E-state index contributed by atoms with van der Waals surface area (Å²) in [6.45, 7) is 10.2. The lowest BCUT2D eigenvalue weighted by Gasteiger charge is -2.18. The van der Waals surface area contributed by atoms with Crippen LogP contribution in [-0.2, 0) is 0 Å². The van der Waals surface area contributed by atoms with E-state index in [1.165, 1.54) is 0 Å². The summed E-state index contributed by atoms with van der Waals surface area (Å²) in [6, 6.07) is 0.397. The molecule has 0 amide bonds. The third kappa shape index (κ3) is 2.84. The monoisotopic (exact) mass is 223 g/mol. The standard InChI is InChI=1S/C12H21N3O/c1-8(2)10(5)14-11-12(16)15(9(3)4)7-6-13-11/h6-10H,1-5H3,(H,13,14). The summed E-state index contributed by atoms with van der Waals surface area (Å²) < 4.78 is 1.68. The Bertz CT molecular complexity index is 395. The molecule has 1 unspecified atom stereocenters. The molecule has 1 aromatic heterocycles. The van der Waals surface area contributed by atoms with E-state index in [-0.39, 0.29) is 17.6 Å². The molecule has 0 radical (unpaired) electrons. The Labute approximate surface area is 96.7 Å². The molecule has 90 valence electrons. The van der Waals surface area contributed by atoms with Gasteiger partial charge in [-0.15, -0.1) is 0 Å². The smallest absolute Gasteiger partial charge is 0.293 e. The van der Waals surface area contributed by atoms with Gasteiger partial charge in [0.2, 0.25) is 0 Å². The number of nitrogens with zero attached hydrogens (tertiary/aromatic N) is 2. The zero-order chi connectivity index (χ0) is 12.3. The Hall–Kier alpha value is -1.32. The molecule has 16 heavy (non-hydrogen) atoms. The largest absolute Gasteiger partial charge is 0.363 e. The van der Waals surface area contributed by atoms with Crippen molar-refractivity contribution in [3.8, 4) is 0 Å². The van der Waals surface area contributed by atoms with Crippen molar-refractivity contribution in [2.24, 2.45) is 5.92 Å². The van der Waals surface area contributed by atoms with Crippen LogP contribution in [0.4, 0.5) is 5.82 Å². The maximum atomic E-state index is 12.0. The first-order chi connectivity index (χ1) is 7.43. The lowest BCUT2D eigenvalue weighted by molar-refractivity contribution is 0.548. The molecule has 4 heteroatoms. The fourth-order valence-electron chi connectivity index (χ4n) is 1.31. The van der Waals surface area contributed by atoms with Crippen LogP contribution in [0.15, 0.2) is 17.2 Å². The van der Waals surface area contributed by atoms with Crippen molar-refractivity contribution in [1.82, 2.24) is 9.55 Å². The van der Waals surface area contributed by atoms with Gasteiger partial charge in [-0.3, -0.25) is 4.79 Å². The van der Waals surface area contributed by atoms with Gasteiger partial charge in [0.15, 0.2) is 5.82 Å². The van der Waals surface area contributed by atoms with E-state index in [1.54, 1.807) is 17.0 Å². The summed E-state index contributed by atoms with van der Waals surface area (Å²) in [4.78, 5) is 16.1. The molecule has 0 spiro atoms. The van der Waals surface area contributed by atoms with E-state index in [4.69, 9.17) is 0 Å². The van der Waals surface area contributed by atoms with Gasteiger partial charge < -0.3 is 9.88 Å². The van der Waals surface area contributed by atoms with Crippen molar-refractivity contribution < 1.29 is 0 Å². The summed E-state index contributed by atoms with van der Waals surface area (Å²) in [5.41, 5.74) is -0.0509. The zero-order valence-electron chi connectivity index (χ0n) is 10.7. The van der Waals surface area contributed by atoms with Crippen LogP contribution < -0.4 is 10.9 Å². The number of anilines is 1. The first-order valence-corrected chi connectivity index (χ1v) is 5.77. The second kappa shape index (κ2) is 5.14. The second-order valence-corrected chi connectivity index (χ2v) is 4.76. The van der Waals surface area contributed by atoms with Crippen LogP contribution in [0.25, 0.3) is 0 Å². The number of aromatic nitrogens is 2. The Morgan fingerprint density at radius 3 is 2.38 bits per heavy atom. The van der Waals surface area contributed by atoms with E-state index in [1.807, 2.05) is 13.8 Å². The second-order valence-electron chi connectivity index (χ2n) is 4.76. The van der Waals surface area contributed by atoms with Gasteiger partial charge in [-0.05, 0) is 26.7 Å². The molecule has 0 saturated carbocycles. The third-order valence-electron chi connectivity index (χ3n) is 2.79. The Morgan fingerprint density at radius 2 is 1.88 bits per heavy atom. The van der Waals surface area contributed by atoms with E-state index in [0.717, 1.165) is 0 Å². The Kier molecular flexibility index (Phi) is 4.10.